The number of nitrogens with two attached hydrogens (primary N) is 1. The number of aromatic amines is 1. The molecule has 0 amide bonds. The highest BCUT2D eigenvalue weighted by atomic mass is 32.1. The van der Waals surface area contributed by atoms with Crippen LogP contribution >= 0.6 is 11.3 Å². The molecular weight excluding hydrogens is 212 g/mol. The van der Waals surface area contributed by atoms with Gasteiger partial charge in [0.15, 0.2) is 5.82 Å². The molecule has 4 N–H and O–H groups in total. The predicted molar refractivity (Wildman–Crippen MR) is 60.9 cm³/mol. The van der Waals surface area contributed by atoms with Crippen molar-refractivity contribution in [1.29, 1.82) is 0 Å². The van der Waals surface area contributed by atoms with Gasteiger partial charge in [-0.25, -0.2) is 4.98 Å². The van der Waals surface area contributed by atoms with Crippen LogP contribution in [0, 0.1) is 0 Å². The van der Waals surface area contributed by atoms with Gasteiger partial charge in [0.1, 0.15) is 5.69 Å². The molecule has 2 rings (SSSR count). The maximum Gasteiger partial charge on any atom is 0.276 e. The van der Waals surface area contributed by atoms with Crippen LogP contribution in [0.15, 0.2) is 28.6 Å². The number of aromatic nitrogens is 2. The maximum atomic E-state index is 11.1. The van der Waals surface area contributed by atoms with Crippen LogP contribution in [0.4, 0.5) is 11.5 Å². The third-order valence-electron chi connectivity index (χ3n) is 1.90. The van der Waals surface area contributed by atoms with Crippen LogP contribution in [0.25, 0.3) is 0 Å². The lowest BCUT2D eigenvalue weighted by atomic mass is 10.4. The first-order chi connectivity index (χ1) is 7.27. The Labute approximate surface area is 90.0 Å². The van der Waals surface area contributed by atoms with E-state index in [4.69, 9.17) is 5.73 Å². The minimum atomic E-state index is -0.321. The molecule has 0 aliphatic rings. The van der Waals surface area contributed by atoms with Crippen molar-refractivity contribution in [3.05, 3.63) is 39.1 Å². The van der Waals surface area contributed by atoms with Gasteiger partial charge in [0.25, 0.3) is 5.56 Å². The summed E-state index contributed by atoms with van der Waals surface area (Å²) in [5.41, 5.74) is 5.36. The van der Waals surface area contributed by atoms with Crippen molar-refractivity contribution in [1.82, 2.24) is 9.97 Å². The number of anilines is 2. The first kappa shape index (κ1) is 9.72. The number of hydrogen-bond donors (Lipinski definition) is 3. The fraction of sp³-hybridized carbons (Fsp3) is 0.111. The Hall–Kier alpha value is -1.82. The van der Waals surface area contributed by atoms with Crippen LogP contribution < -0.4 is 16.6 Å². The second kappa shape index (κ2) is 4.14. The molecule has 5 nitrogen and oxygen atoms in total. The lowest BCUT2D eigenvalue weighted by Gasteiger charge is -2.04. The number of hydrogen-bond acceptors (Lipinski definition) is 5. The average Bonchev–Trinajstić information content (AvgIpc) is 2.73. The third kappa shape index (κ3) is 2.16. The highest BCUT2D eigenvalue weighted by Crippen LogP contribution is 2.13. The van der Waals surface area contributed by atoms with Gasteiger partial charge in [-0.1, -0.05) is 6.07 Å². The summed E-state index contributed by atoms with van der Waals surface area (Å²) in [5.74, 6) is 0.423. The zero-order valence-electron chi connectivity index (χ0n) is 7.86. The van der Waals surface area contributed by atoms with Crippen molar-refractivity contribution in [3.8, 4) is 0 Å². The Morgan fingerprint density at radius 1 is 1.60 bits per heavy atom. The summed E-state index contributed by atoms with van der Waals surface area (Å²) in [4.78, 5) is 18.7. The quantitative estimate of drug-likeness (QED) is 0.724. The molecule has 78 valence electrons. The molecular formula is C9H10N4OS. The van der Waals surface area contributed by atoms with Crippen molar-refractivity contribution >= 4 is 22.8 Å². The van der Waals surface area contributed by atoms with Gasteiger partial charge < -0.3 is 16.0 Å². The van der Waals surface area contributed by atoms with Gasteiger partial charge in [-0.3, -0.25) is 4.79 Å². The van der Waals surface area contributed by atoms with Crippen LogP contribution in [0.2, 0.25) is 0 Å². The largest absolute Gasteiger partial charge is 0.391 e. The molecule has 0 atom stereocenters. The standard InChI is InChI=1S/C9H10N4OS/c10-7-8(12-5-13-9(7)14)11-4-6-2-1-3-15-6/h1-3,5H,4,10H2,(H2,11,12,13,14). The molecule has 15 heavy (non-hydrogen) atoms. The summed E-state index contributed by atoms with van der Waals surface area (Å²) in [5, 5.41) is 5.00. The number of thiophene rings is 1. The van der Waals surface area contributed by atoms with E-state index in [1.807, 2.05) is 17.5 Å². The van der Waals surface area contributed by atoms with Crippen molar-refractivity contribution in [2.24, 2.45) is 0 Å². The number of H-pyrrole nitrogens is 1. The minimum absolute atomic E-state index is 0.119. The van der Waals surface area contributed by atoms with E-state index in [9.17, 15) is 4.79 Å². The average molecular weight is 222 g/mol. The summed E-state index contributed by atoms with van der Waals surface area (Å²) < 4.78 is 0. The van der Waals surface area contributed by atoms with Gasteiger partial charge in [0.05, 0.1) is 12.9 Å². The second-order valence-corrected chi connectivity index (χ2v) is 3.96. The van der Waals surface area contributed by atoms with Gasteiger partial charge in [0, 0.05) is 4.88 Å². The first-order valence-corrected chi connectivity index (χ1v) is 5.25. The molecule has 0 saturated carbocycles. The fourth-order valence-electron chi connectivity index (χ4n) is 1.14. The van der Waals surface area contributed by atoms with Crippen molar-refractivity contribution in [2.75, 3.05) is 11.1 Å². The smallest absolute Gasteiger partial charge is 0.276 e. The molecule has 2 aromatic heterocycles. The van der Waals surface area contributed by atoms with Gasteiger partial charge in [-0.2, -0.15) is 0 Å². The number of nitrogens with one attached hydrogen (secondary N) is 2. The maximum absolute atomic E-state index is 11.1. The first-order valence-electron chi connectivity index (χ1n) is 4.37. The van der Waals surface area contributed by atoms with E-state index >= 15 is 0 Å². The lowest BCUT2D eigenvalue weighted by molar-refractivity contribution is 1.08. The lowest BCUT2D eigenvalue weighted by Crippen LogP contribution is -2.15. The van der Waals surface area contributed by atoms with Gasteiger partial charge in [-0.05, 0) is 11.4 Å². The fourth-order valence-corrected chi connectivity index (χ4v) is 1.78. The summed E-state index contributed by atoms with van der Waals surface area (Å²) in [6, 6.07) is 3.97. The van der Waals surface area contributed by atoms with Gasteiger partial charge >= 0.3 is 0 Å². The summed E-state index contributed by atoms with van der Waals surface area (Å²) >= 11 is 1.64. The van der Waals surface area contributed by atoms with E-state index < -0.39 is 0 Å². The molecule has 2 heterocycles. The van der Waals surface area contributed by atoms with E-state index in [1.165, 1.54) is 6.33 Å². The Kier molecular flexibility index (Phi) is 2.68. The van der Waals surface area contributed by atoms with Crippen LogP contribution in [-0.4, -0.2) is 9.97 Å². The molecule has 0 spiro atoms. The predicted octanol–water partition coefficient (Wildman–Crippen LogP) is 1.03. The highest BCUT2D eigenvalue weighted by Gasteiger charge is 2.03. The number of nitrogen functional groups attached to an aromatic ring is 1. The topological polar surface area (TPSA) is 83.8 Å². The van der Waals surface area contributed by atoms with E-state index in [1.54, 1.807) is 11.3 Å². The molecule has 0 fully saturated rings. The van der Waals surface area contributed by atoms with E-state index in [0.717, 1.165) is 4.88 Å². The van der Waals surface area contributed by atoms with Crippen LogP contribution in [0.1, 0.15) is 4.88 Å². The molecule has 2 aromatic rings. The van der Waals surface area contributed by atoms with Gasteiger partial charge in [-0.15, -0.1) is 11.3 Å². The van der Waals surface area contributed by atoms with E-state index in [0.29, 0.717) is 12.4 Å². The zero-order valence-corrected chi connectivity index (χ0v) is 8.67. The zero-order chi connectivity index (χ0) is 10.7. The Bertz CT molecular complexity index is 491. The van der Waals surface area contributed by atoms with Crippen molar-refractivity contribution in [3.63, 3.8) is 0 Å². The van der Waals surface area contributed by atoms with Crippen molar-refractivity contribution < 1.29 is 0 Å². The Morgan fingerprint density at radius 3 is 3.20 bits per heavy atom. The molecule has 0 aliphatic heterocycles. The van der Waals surface area contributed by atoms with E-state index in [2.05, 4.69) is 15.3 Å². The normalized spacial score (nSPS) is 10.1. The molecule has 0 radical (unpaired) electrons. The summed E-state index contributed by atoms with van der Waals surface area (Å²) in [6.07, 6.45) is 1.33. The van der Waals surface area contributed by atoms with Crippen molar-refractivity contribution in [2.45, 2.75) is 6.54 Å². The number of rotatable bonds is 3. The minimum Gasteiger partial charge on any atom is -0.391 e. The summed E-state index contributed by atoms with van der Waals surface area (Å²) in [6.45, 7) is 0.623. The number of nitrogens with zero attached hydrogens (tertiary/aromatic N) is 1. The Balaban J connectivity index is 2.12. The molecule has 0 aromatic carbocycles. The molecule has 0 bridgehead atoms. The van der Waals surface area contributed by atoms with Crippen LogP contribution in [0.5, 0.6) is 0 Å². The van der Waals surface area contributed by atoms with Gasteiger partial charge in [0.2, 0.25) is 0 Å². The SMILES string of the molecule is Nc1c(NCc2cccs2)nc[nH]c1=O. The highest BCUT2D eigenvalue weighted by molar-refractivity contribution is 7.09. The second-order valence-electron chi connectivity index (χ2n) is 2.93. The molecule has 6 heteroatoms. The van der Waals surface area contributed by atoms with E-state index in [-0.39, 0.29) is 11.2 Å². The third-order valence-corrected chi connectivity index (χ3v) is 2.78. The molecule has 0 saturated heterocycles. The molecule has 0 aliphatic carbocycles. The molecule has 0 unspecified atom stereocenters. The Morgan fingerprint density at radius 2 is 2.47 bits per heavy atom. The monoisotopic (exact) mass is 222 g/mol. The van der Waals surface area contributed by atoms with Crippen LogP contribution in [0.3, 0.4) is 0 Å². The van der Waals surface area contributed by atoms with Crippen LogP contribution in [-0.2, 0) is 6.54 Å². The summed E-state index contributed by atoms with van der Waals surface area (Å²) in [7, 11) is 0.